The highest BCUT2D eigenvalue weighted by Crippen LogP contribution is 2.21. The highest BCUT2D eigenvalue weighted by atomic mass is 16.5. The lowest BCUT2D eigenvalue weighted by atomic mass is 10.2. The number of ether oxygens (including phenoxy) is 1. The monoisotopic (exact) mass is 251 g/mol. The van der Waals surface area contributed by atoms with E-state index in [-0.39, 0.29) is 6.61 Å². The van der Waals surface area contributed by atoms with Gasteiger partial charge in [0, 0.05) is 24.8 Å². The zero-order chi connectivity index (χ0) is 13.5. The summed E-state index contributed by atoms with van der Waals surface area (Å²) < 4.78 is 5.50. The van der Waals surface area contributed by atoms with E-state index in [1.165, 1.54) is 0 Å². The Hall–Kier alpha value is -1.71. The van der Waals surface area contributed by atoms with Crippen LogP contribution in [0.2, 0.25) is 0 Å². The molecule has 4 nitrogen and oxygen atoms in total. The fraction of sp³-hybridized carbons (Fsp3) is 0.500. The molecule has 0 heterocycles. The molecule has 0 aliphatic heterocycles. The molecule has 0 amide bonds. The molecule has 1 unspecified atom stereocenters. The molecule has 0 radical (unpaired) electrons. The van der Waals surface area contributed by atoms with Crippen LogP contribution in [-0.2, 0) is 4.79 Å². The molecule has 0 saturated heterocycles. The lowest BCUT2D eigenvalue weighted by Gasteiger charge is -2.21. The van der Waals surface area contributed by atoms with Crippen molar-refractivity contribution in [2.24, 2.45) is 5.92 Å². The third-order valence-corrected chi connectivity index (χ3v) is 2.87. The number of aliphatic carboxylic acids is 1. The molecule has 0 aliphatic carbocycles. The van der Waals surface area contributed by atoms with Crippen molar-refractivity contribution in [2.75, 3.05) is 24.6 Å². The van der Waals surface area contributed by atoms with Gasteiger partial charge in [0.2, 0.25) is 0 Å². The van der Waals surface area contributed by atoms with E-state index in [0.717, 1.165) is 18.8 Å². The molecule has 0 spiro atoms. The van der Waals surface area contributed by atoms with Crippen LogP contribution < -0.4 is 9.64 Å². The normalized spacial score (nSPS) is 11.9. The Labute approximate surface area is 108 Å². The molecule has 18 heavy (non-hydrogen) atoms. The molecule has 0 fully saturated rings. The molecule has 0 saturated carbocycles. The van der Waals surface area contributed by atoms with E-state index in [0.29, 0.717) is 5.75 Å². The highest BCUT2D eigenvalue weighted by molar-refractivity contribution is 5.69. The number of anilines is 1. The zero-order valence-corrected chi connectivity index (χ0v) is 11.2. The Kier molecular flexibility index (Phi) is 5.49. The molecule has 0 bridgehead atoms. The van der Waals surface area contributed by atoms with Gasteiger partial charge in [0.15, 0.2) is 0 Å². The maximum Gasteiger partial charge on any atom is 0.309 e. The fourth-order valence-electron chi connectivity index (χ4n) is 1.65. The Morgan fingerprint density at radius 1 is 1.39 bits per heavy atom. The highest BCUT2D eigenvalue weighted by Gasteiger charge is 2.11. The van der Waals surface area contributed by atoms with Gasteiger partial charge in [-0.2, -0.15) is 0 Å². The van der Waals surface area contributed by atoms with Gasteiger partial charge in [0.1, 0.15) is 12.4 Å². The van der Waals surface area contributed by atoms with Crippen LogP contribution >= 0.6 is 0 Å². The smallest absolute Gasteiger partial charge is 0.309 e. The van der Waals surface area contributed by atoms with Gasteiger partial charge in [-0.3, -0.25) is 4.79 Å². The van der Waals surface area contributed by atoms with Crippen LogP contribution in [0.3, 0.4) is 0 Å². The quantitative estimate of drug-likeness (QED) is 0.809. The number of hydrogen-bond donors (Lipinski definition) is 1. The van der Waals surface area contributed by atoms with Gasteiger partial charge in [-0.1, -0.05) is 6.07 Å². The van der Waals surface area contributed by atoms with E-state index >= 15 is 0 Å². The van der Waals surface area contributed by atoms with Crippen LogP contribution in [0.4, 0.5) is 5.69 Å². The van der Waals surface area contributed by atoms with Crippen LogP contribution in [0.15, 0.2) is 24.3 Å². The first-order valence-corrected chi connectivity index (χ1v) is 6.29. The van der Waals surface area contributed by atoms with E-state index in [4.69, 9.17) is 9.84 Å². The summed E-state index contributed by atoms with van der Waals surface area (Å²) in [6, 6.07) is 7.75. The second kappa shape index (κ2) is 6.89. The van der Waals surface area contributed by atoms with Crippen LogP contribution in [-0.4, -0.2) is 30.8 Å². The van der Waals surface area contributed by atoms with Gasteiger partial charge in [-0.05, 0) is 32.9 Å². The van der Waals surface area contributed by atoms with Gasteiger partial charge >= 0.3 is 5.97 Å². The molecular formula is C14H21NO3. The first-order chi connectivity index (χ1) is 8.58. The number of carboxylic acid groups (broad SMARTS) is 1. The van der Waals surface area contributed by atoms with E-state index in [9.17, 15) is 4.79 Å². The maximum absolute atomic E-state index is 10.7. The summed E-state index contributed by atoms with van der Waals surface area (Å²) in [5.41, 5.74) is 1.10. The summed E-state index contributed by atoms with van der Waals surface area (Å²) >= 11 is 0. The molecule has 1 atom stereocenters. The standard InChI is InChI=1S/C14H21NO3/c1-4-15(5-2)12-7-6-8-13(9-12)18-10-11(3)14(16)17/h6-9,11H,4-5,10H2,1-3H3,(H,16,17). The van der Waals surface area contributed by atoms with Crippen molar-refractivity contribution in [3.8, 4) is 5.75 Å². The summed E-state index contributed by atoms with van der Waals surface area (Å²) in [7, 11) is 0. The predicted molar refractivity (Wildman–Crippen MR) is 72.3 cm³/mol. The van der Waals surface area contributed by atoms with Crippen molar-refractivity contribution < 1.29 is 14.6 Å². The predicted octanol–water partition coefficient (Wildman–Crippen LogP) is 2.63. The number of carbonyl (C=O) groups is 1. The molecule has 1 aromatic carbocycles. The first-order valence-electron chi connectivity index (χ1n) is 6.29. The molecule has 1 aromatic rings. The number of nitrogens with zero attached hydrogens (tertiary/aromatic N) is 1. The Bertz CT molecular complexity index is 388. The van der Waals surface area contributed by atoms with Crippen LogP contribution in [0.1, 0.15) is 20.8 Å². The van der Waals surface area contributed by atoms with Crippen LogP contribution in [0.25, 0.3) is 0 Å². The van der Waals surface area contributed by atoms with Crippen molar-refractivity contribution in [1.82, 2.24) is 0 Å². The number of carboxylic acids is 1. The fourth-order valence-corrected chi connectivity index (χ4v) is 1.65. The van der Waals surface area contributed by atoms with Crippen molar-refractivity contribution in [3.63, 3.8) is 0 Å². The van der Waals surface area contributed by atoms with Gasteiger partial charge in [-0.25, -0.2) is 0 Å². The first kappa shape index (κ1) is 14.4. The minimum Gasteiger partial charge on any atom is -0.493 e. The topological polar surface area (TPSA) is 49.8 Å². The van der Waals surface area contributed by atoms with Crippen LogP contribution in [0.5, 0.6) is 5.75 Å². The molecule has 4 heteroatoms. The maximum atomic E-state index is 10.7. The average Bonchev–Trinajstić information content (AvgIpc) is 2.38. The third kappa shape index (κ3) is 3.95. The zero-order valence-electron chi connectivity index (χ0n) is 11.2. The van der Waals surface area contributed by atoms with Gasteiger partial charge < -0.3 is 14.7 Å². The Balaban J connectivity index is 2.67. The molecule has 100 valence electrons. The molecular weight excluding hydrogens is 230 g/mol. The number of hydrogen-bond acceptors (Lipinski definition) is 3. The summed E-state index contributed by atoms with van der Waals surface area (Å²) in [4.78, 5) is 12.9. The molecule has 1 rings (SSSR count). The lowest BCUT2D eigenvalue weighted by molar-refractivity contribution is -0.142. The molecule has 1 N–H and O–H groups in total. The number of benzene rings is 1. The molecule has 0 aromatic heterocycles. The summed E-state index contributed by atoms with van der Waals surface area (Å²) in [6.07, 6.45) is 0. The minimum absolute atomic E-state index is 0.192. The van der Waals surface area contributed by atoms with Crippen molar-refractivity contribution >= 4 is 11.7 Å². The van der Waals surface area contributed by atoms with E-state index < -0.39 is 11.9 Å². The minimum atomic E-state index is -0.838. The largest absolute Gasteiger partial charge is 0.493 e. The Morgan fingerprint density at radius 3 is 2.61 bits per heavy atom. The van der Waals surface area contributed by atoms with Gasteiger partial charge in [-0.15, -0.1) is 0 Å². The third-order valence-electron chi connectivity index (χ3n) is 2.87. The number of rotatable bonds is 7. The van der Waals surface area contributed by atoms with Crippen molar-refractivity contribution in [3.05, 3.63) is 24.3 Å². The second-order valence-corrected chi connectivity index (χ2v) is 4.22. The summed E-state index contributed by atoms with van der Waals surface area (Å²) in [5, 5.41) is 8.79. The molecule has 0 aliphatic rings. The summed E-state index contributed by atoms with van der Waals surface area (Å²) in [6.45, 7) is 7.90. The average molecular weight is 251 g/mol. The SMILES string of the molecule is CCN(CC)c1cccc(OCC(C)C(=O)O)c1. The lowest BCUT2D eigenvalue weighted by Crippen LogP contribution is -2.22. The van der Waals surface area contributed by atoms with E-state index in [2.05, 4.69) is 18.7 Å². The van der Waals surface area contributed by atoms with Crippen molar-refractivity contribution in [1.29, 1.82) is 0 Å². The van der Waals surface area contributed by atoms with Gasteiger partial charge in [0.05, 0.1) is 5.92 Å². The van der Waals surface area contributed by atoms with E-state index in [1.807, 2.05) is 24.3 Å². The Morgan fingerprint density at radius 2 is 2.06 bits per heavy atom. The van der Waals surface area contributed by atoms with E-state index in [1.54, 1.807) is 6.92 Å². The van der Waals surface area contributed by atoms with Gasteiger partial charge in [0.25, 0.3) is 0 Å². The second-order valence-electron chi connectivity index (χ2n) is 4.22. The van der Waals surface area contributed by atoms with Crippen LogP contribution in [0, 0.1) is 5.92 Å². The summed E-state index contributed by atoms with van der Waals surface area (Å²) in [5.74, 6) is -0.621. The van der Waals surface area contributed by atoms with Crippen molar-refractivity contribution in [2.45, 2.75) is 20.8 Å².